The first-order valence-electron chi connectivity index (χ1n) is 8.02. The summed E-state index contributed by atoms with van der Waals surface area (Å²) in [4.78, 5) is 23.7. The summed E-state index contributed by atoms with van der Waals surface area (Å²) in [5.41, 5.74) is 2.75. The van der Waals surface area contributed by atoms with Crippen LogP contribution in [0.5, 0.6) is 0 Å². The number of amides is 1. The second kappa shape index (κ2) is 7.17. The zero-order valence-electron chi connectivity index (χ0n) is 13.5. The van der Waals surface area contributed by atoms with E-state index in [1.165, 1.54) is 7.11 Å². The molecule has 2 aromatic rings. The van der Waals surface area contributed by atoms with Crippen LogP contribution in [-0.2, 0) is 9.53 Å². The van der Waals surface area contributed by atoms with Crippen molar-refractivity contribution in [2.45, 2.75) is 19.3 Å². The lowest BCUT2D eigenvalue weighted by atomic mass is 9.85. The Balaban J connectivity index is 1.68. The van der Waals surface area contributed by atoms with Gasteiger partial charge in [-0.15, -0.1) is 0 Å². The van der Waals surface area contributed by atoms with Gasteiger partial charge in [0.1, 0.15) is 0 Å². The molecule has 1 aliphatic carbocycles. The first-order chi connectivity index (χ1) is 11.7. The molecule has 0 unspecified atom stereocenters. The van der Waals surface area contributed by atoms with E-state index in [0.29, 0.717) is 11.3 Å². The Kier molecular flexibility index (Phi) is 4.79. The van der Waals surface area contributed by atoms with Crippen molar-refractivity contribution < 1.29 is 14.3 Å². The second-order valence-corrected chi connectivity index (χ2v) is 5.86. The number of esters is 1. The van der Waals surface area contributed by atoms with Gasteiger partial charge in [0.25, 0.3) is 0 Å². The molecule has 5 heteroatoms. The van der Waals surface area contributed by atoms with Gasteiger partial charge in [0.2, 0.25) is 5.91 Å². The molecule has 0 radical (unpaired) electrons. The number of hydrogen-bond acceptors (Lipinski definition) is 4. The zero-order chi connectivity index (χ0) is 16.9. The third kappa shape index (κ3) is 3.56. The van der Waals surface area contributed by atoms with Gasteiger partial charge in [-0.2, -0.15) is 0 Å². The fourth-order valence-corrected chi connectivity index (χ4v) is 2.59. The van der Waals surface area contributed by atoms with Gasteiger partial charge in [0, 0.05) is 17.3 Å². The van der Waals surface area contributed by atoms with E-state index in [-0.39, 0.29) is 17.8 Å². The van der Waals surface area contributed by atoms with Crippen molar-refractivity contribution in [3.8, 4) is 0 Å². The lowest BCUT2D eigenvalue weighted by molar-refractivity contribution is -0.122. The summed E-state index contributed by atoms with van der Waals surface area (Å²) in [7, 11) is 1.36. The van der Waals surface area contributed by atoms with Crippen molar-refractivity contribution in [3.05, 3.63) is 54.1 Å². The van der Waals surface area contributed by atoms with Crippen molar-refractivity contribution in [3.63, 3.8) is 0 Å². The highest BCUT2D eigenvalue weighted by Gasteiger charge is 2.25. The molecular weight excluding hydrogens is 304 g/mol. The largest absolute Gasteiger partial charge is 0.465 e. The number of carbonyl (C=O) groups excluding carboxylic acids is 2. The number of ether oxygens (including phenoxy) is 1. The van der Waals surface area contributed by atoms with E-state index < -0.39 is 0 Å². The molecule has 1 fully saturated rings. The number of anilines is 3. The Hall–Kier alpha value is -2.82. The average Bonchev–Trinajstić information content (AvgIpc) is 2.55. The van der Waals surface area contributed by atoms with Crippen LogP contribution in [-0.4, -0.2) is 19.0 Å². The van der Waals surface area contributed by atoms with Gasteiger partial charge in [-0.05, 0) is 49.2 Å². The van der Waals surface area contributed by atoms with E-state index in [1.807, 2.05) is 36.4 Å². The van der Waals surface area contributed by atoms with Gasteiger partial charge in [-0.1, -0.05) is 18.6 Å². The van der Waals surface area contributed by atoms with Crippen LogP contribution < -0.4 is 10.6 Å². The number of hydrogen-bond donors (Lipinski definition) is 2. The monoisotopic (exact) mass is 324 g/mol. The summed E-state index contributed by atoms with van der Waals surface area (Å²) < 4.78 is 4.79. The van der Waals surface area contributed by atoms with Gasteiger partial charge < -0.3 is 15.4 Å². The number of nitrogens with one attached hydrogen (secondary N) is 2. The molecule has 0 spiro atoms. The maximum absolute atomic E-state index is 11.9. The molecule has 5 nitrogen and oxygen atoms in total. The van der Waals surface area contributed by atoms with E-state index in [4.69, 9.17) is 4.74 Å². The quantitative estimate of drug-likeness (QED) is 0.817. The first kappa shape index (κ1) is 16.1. The molecule has 0 aromatic heterocycles. The molecule has 1 aliphatic rings. The lowest BCUT2D eigenvalue weighted by Crippen LogP contribution is -2.27. The molecule has 24 heavy (non-hydrogen) atoms. The number of benzene rings is 2. The van der Waals surface area contributed by atoms with Crippen LogP contribution in [0.1, 0.15) is 29.6 Å². The van der Waals surface area contributed by atoms with Gasteiger partial charge in [-0.25, -0.2) is 4.79 Å². The number of methoxy groups -OCH3 is 1. The van der Waals surface area contributed by atoms with Crippen molar-refractivity contribution in [2.75, 3.05) is 17.7 Å². The predicted octanol–water partition coefficient (Wildman–Crippen LogP) is 3.96. The molecule has 124 valence electrons. The summed E-state index contributed by atoms with van der Waals surface area (Å²) in [6, 6.07) is 14.6. The van der Waals surface area contributed by atoms with Crippen LogP contribution in [0.2, 0.25) is 0 Å². The molecule has 1 amide bonds. The van der Waals surface area contributed by atoms with E-state index in [9.17, 15) is 9.59 Å². The second-order valence-electron chi connectivity index (χ2n) is 5.86. The molecule has 0 saturated heterocycles. The SMILES string of the molecule is COC(=O)c1ccccc1Nc1ccc(NC(=O)C2CCC2)cc1. The average molecular weight is 324 g/mol. The van der Waals surface area contributed by atoms with E-state index >= 15 is 0 Å². The van der Waals surface area contributed by atoms with Crippen molar-refractivity contribution in [2.24, 2.45) is 5.92 Å². The number of carbonyl (C=O) groups is 2. The summed E-state index contributed by atoms with van der Waals surface area (Å²) in [5, 5.41) is 6.13. The minimum absolute atomic E-state index is 0.0954. The first-order valence-corrected chi connectivity index (χ1v) is 8.02. The standard InChI is InChI=1S/C19H20N2O3/c1-24-19(23)16-7-2-3-8-17(16)20-14-9-11-15(12-10-14)21-18(22)13-5-4-6-13/h2-3,7-13,20H,4-6H2,1H3,(H,21,22). The molecule has 2 N–H and O–H groups in total. The molecule has 2 aromatic carbocycles. The van der Waals surface area contributed by atoms with E-state index in [0.717, 1.165) is 30.6 Å². The predicted molar refractivity (Wildman–Crippen MR) is 93.5 cm³/mol. The third-order valence-corrected chi connectivity index (χ3v) is 4.24. The van der Waals surface area contributed by atoms with Crippen molar-refractivity contribution >= 4 is 28.9 Å². The smallest absolute Gasteiger partial charge is 0.339 e. The van der Waals surface area contributed by atoms with Crippen LogP contribution >= 0.6 is 0 Å². The Morgan fingerprint density at radius 2 is 1.67 bits per heavy atom. The Labute approximate surface area is 141 Å². The lowest BCUT2D eigenvalue weighted by Gasteiger charge is -2.24. The third-order valence-electron chi connectivity index (χ3n) is 4.24. The van der Waals surface area contributed by atoms with Crippen molar-refractivity contribution in [1.29, 1.82) is 0 Å². The molecule has 0 bridgehead atoms. The van der Waals surface area contributed by atoms with Gasteiger partial charge in [-0.3, -0.25) is 4.79 Å². The van der Waals surface area contributed by atoms with Gasteiger partial charge >= 0.3 is 5.97 Å². The number of rotatable bonds is 5. The highest BCUT2D eigenvalue weighted by molar-refractivity contribution is 5.96. The summed E-state index contributed by atoms with van der Waals surface area (Å²) >= 11 is 0. The zero-order valence-corrected chi connectivity index (χ0v) is 13.5. The molecule has 0 heterocycles. The molecule has 0 aliphatic heterocycles. The normalized spacial score (nSPS) is 13.7. The summed E-state index contributed by atoms with van der Waals surface area (Å²) in [6.45, 7) is 0. The van der Waals surface area contributed by atoms with E-state index in [2.05, 4.69) is 10.6 Å². The highest BCUT2D eigenvalue weighted by Crippen LogP contribution is 2.28. The molecule has 3 rings (SSSR count). The number of para-hydroxylation sites is 1. The fourth-order valence-electron chi connectivity index (χ4n) is 2.59. The van der Waals surface area contributed by atoms with Crippen LogP contribution in [0.3, 0.4) is 0 Å². The topological polar surface area (TPSA) is 67.4 Å². The maximum Gasteiger partial charge on any atom is 0.339 e. The van der Waals surface area contributed by atoms with Crippen LogP contribution in [0.15, 0.2) is 48.5 Å². The fraction of sp³-hybridized carbons (Fsp3) is 0.263. The summed E-state index contributed by atoms with van der Waals surface area (Å²) in [5.74, 6) is -0.129. The minimum atomic E-state index is -0.387. The van der Waals surface area contributed by atoms with Crippen LogP contribution in [0.25, 0.3) is 0 Å². The van der Waals surface area contributed by atoms with Crippen LogP contribution in [0.4, 0.5) is 17.1 Å². The summed E-state index contributed by atoms with van der Waals surface area (Å²) in [6.07, 6.45) is 3.10. The Bertz CT molecular complexity index is 737. The van der Waals surface area contributed by atoms with Crippen molar-refractivity contribution in [1.82, 2.24) is 0 Å². The molecular formula is C19H20N2O3. The Morgan fingerprint density at radius 1 is 1.00 bits per heavy atom. The molecule has 1 saturated carbocycles. The van der Waals surface area contributed by atoms with Gasteiger partial charge in [0.15, 0.2) is 0 Å². The van der Waals surface area contributed by atoms with E-state index in [1.54, 1.807) is 12.1 Å². The Morgan fingerprint density at radius 3 is 2.29 bits per heavy atom. The maximum atomic E-state index is 11.9. The minimum Gasteiger partial charge on any atom is -0.465 e. The van der Waals surface area contributed by atoms with Crippen LogP contribution in [0, 0.1) is 5.92 Å². The van der Waals surface area contributed by atoms with Gasteiger partial charge in [0.05, 0.1) is 18.4 Å². The highest BCUT2D eigenvalue weighted by atomic mass is 16.5. The molecule has 0 atom stereocenters.